The summed E-state index contributed by atoms with van der Waals surface area (Å²) in [5.41, 5.74) is 2.68. The highest BCUT2D eigenvalue weighted by Gasteiger charge is 2.37. The Bertz CT molecular complexity index is 513. The summed E-state index contributed by atoms with van der Waals surface area (Å²) < 4.78 is 0. The zero-order valence-corrected chi connectivity index (χ0v) is 14.6. The molecule has 2 rings (SSSR count). The van der Waals surface area contributed by atoms with Crippen molar-refractivity contribution in [3.8, 4) is 12.3 Å². The molecule has 1 fully saturated rings. The van der Waals surface area contributed by atoms with Gasteiger partial charge in [-0.3, -0.25) is 0 Å². The summed E-state index contributed by atoms with van der Waals surface area (Å²) in [5.74, 6) is 3.44. The number of likely N-dealkylation sites (tertiary alicyclic amines) is 1. The van der Waals surface area contributed by atoms with Crippen LogP contribution in [0.15, 0.2) is 24.3 Å². The van der Waals surface area contributed by atoms with E-state index in [0.29, 0.717) is 5.92 Å². The summed E-state index contributed by atoms with van der Waals surface area (Å²) >= 11 is 0. The van der Waals surface area contributed by atoms with Gasteiger partial charge >= 0.3 is 0 Å². The molecule has 0 saturated carbocycles. The van der Waals surface area contributed by atoms with Gasteiger partial charge in [-0.25, -0.2) is 0 Å². The van der Waals surface area contributed by atoms with Gasteiger partial charge in [0.15, 0.2) is 0 Å². The molecule has 1 aromatic rings. The van der Waals surface area contributed by atoms with Crippen molar-refractivity contribution in [3.63, 3.8) is 0 Å². The average molecular weight is 297 g/mol. The van der Waals surface area contributed by atoms with Gasteiger partial charge < -0.3 is 4.90 Å². The molecule has 1 aromatic carbocycles. The van der Waals surface area contributed by atoms with Crippen LogP contribution in [-0.2, 0) is 5.41 Å². The first-order valence-electron chi connectivity index (χ1n) is 8.89. The second-order valence-corrected chi connectivity index (χ2v) is 7.15. The Hall–Kier alpha value is -1.26. The number of benzene rings is 1. The van der Waals surface area contributed by atoms with E-state index in [9.17, 15) is 0 Å². The quantitative estimate of drug-likeness (QED) is 0.536. The van der Waals surface area contributed by atoms with Crippen LogP contribution in [0.5, 0.6) is 0 Å². The van der Waals surface area contributed by atoms with Crippen LogP contribution in [0.2, 0.25) is 0 Å². The maximum absolute atomic E-state index is 5.57. The van der Waals surface area contributed by atoms with Crippen molar-refractivity contribution in [2.24, 2.45) is 5.92 Å². The third kappa shape index (κ3) is 3.93. The topological polar surface area (TPSA) is 3.24 Å². The summed E-state index contributed by atoms with van der Waals surface area (Å²) in [6, 6.07) is 8.61. The molecule has 0 aromatic heterocycles. The minimum Gasteiger partial charge on any atom is -0.303 e. The Morgan fingerprint density at radius 1 is 1.32 bits per heavy atom. The first-order chi connectivity index (χ1) is 10.6. The Morgan fingerprint density at radius 3 is 2.82 bits per heavy atom. The minimum atomic E-state index is 0.257. The molecule has 22 heavy (non-hydrogen) atoms. The summed E-state index contributed by atoms with van der Waals surface area (Å²) in [4.78, 5) is 2.66. The fourth-order valence-corrected chi connectivity index (χ4v) is 3.68. The molecule has 1 aliphatic heterocycles. The molecule has 0 N–H and O–H groups in total. The fourth-order valence-electron chi connectivity index (χ4n) is 3.68. The zero-order chi connectivity index (χ0) is 16.0. The van der Waals surface area contributed by atoms with Crippen LogP contribution in [0.4, 0.5) is 0 Å². The smallest absolute Gasteiger partial charge is 0.0245 e. The molecular formula is C21H31N. The normalized spacial score (nSPS) is 25.8. The van der Waals surface area contributed by atoms with Crippen molar-refractivity contribution in [2.75, 3.05) is 19.6 Å². The van der Waals surface area contributed by atoms with Crippen LogP contribution in [0.25, 0.3) is 0 Å². The fraction of sp³-hybridized carbons (Fsp3) is 0.619. The molecule has 120 valence electrons. The lowest BCUT2D eigenvalue weighted by Gasteiger charge is -2.45. The number of terminal acetylenes is 1. The Kier molecular flexibility index (Phi) is 6.09. The second kappa shape index (κ2) is 7.84. The predicted octanol–water partition coefficient (Wildman–Crippen LogP) is 4.85. The van der Waals surface area contributed by atoms with Crippen LogP contribution in [0.3, 0.4) is 0 Å². The minimum absolute atomic E-state index is 0.257. The Labute approximate surface area is 137 Å². The molecule has 0 spiro atoms. The number of hydrogen-bond donors (Lipinski definition) is 0. The summed E-state index contributed by atoms with van der Waals surface area (Å²) in [5, 5.41) is 0. The Morgan fingerprint density at radius 2 is 2.14 bits per heavy atom. The van der Waals surface area contributed by atoms with Crippen LogP contribution in [0.1, 0.15) is 64.0 Å². The monoisotopic (exact) mass is 297 g/mol. The first-order valence-corrected chi connectivity index (χ1v) is 8.89. The third-order valence-corrected chi connectivity index (χ3v) is 5.58. The highest BCUT2D eigenvalue weighted by atomic mass is 15.1. The summed E-state index contributed by atoms with van der Waals surface area (Å²) in [6.45, 7) is 10.8. The molecule has 1 aliphatic rings. The van der Waals surface area contributed by atoms with E-state index in [1.807, 2.05) is 6.07 Å². The van der Waals surface area contributed by atoms with E-state index >= 15 is 0 Å². The molecule has 0 aliphatic carbocycles. The van der Waals surface area contributed by atoms with Gasteiger partial charge in [0.05, 0.1) is 0 Å². The van der Waals surface area contributed by atoms with Crippen molar-refractivity contribution in [2.45, 2.75) is 58.3 Å². The Balaban J connectivity index is 1.98. The molecule has 0 amide bonds. The maximum atomic E-state index is 5.57. The van der Waals surface area contributed by atoms with E-state index < -0.39 is 0 Å². The van der Waals surface area contributed by atoms with Crippen molar-refractivity contribution >= 4 is 0 Å². The average Bonchev–Trinajstić information content (AvgIpc) is 2.55. The summed E-state index contributed by atoms with van der Waals surface area (Å²) in [7, 11) is 0. The molecule has 0 bridgehead atoms. The van der Waals surface area contributed by atoms with E-state index in [0.717, 1.165) is 5.56 Å². The van der Waals surface area contributed by atoms with Gasteiger partial charge in [0.2, 0.25) is 0 Å². The molecule has 1 heteroatoms. The van der Waals surface area contributed by atoms with Crippen molar-refractivity contribution < 1.29 is 0 Å². The van der Waals surface area contributed by atoms with Crippen molar-refractivity contribution in [1.29, 1.82) is 0 Å². The molecule has 1 nitrogen and oxygen atoms in total. The lowest BCUT2D eigenvalue weighted by Crippen LogP contribution is -2.47. The molecule has 2 atom stereocenters. The summed E-state index contributed by atoms with van der Waals surface area (Å²) in [6.07, 6.45) is 12.2. The van der Waals surface area contributed by atoms with Gasteiger partial charge in [-0.15, -0.1) is 6.42 Å². The molecule has 1 heterocycles. The number of rotatable bonds is 6. The van der Waals surface area contributed by atoms with E-state index in [-0.39, 0.29) is 5.41 Å². The van der Waals surface area contributed by atoms with Gasteiger partial charge in [0.25, 0.3) is 0 Å². The number of nitrogens with zero attached hydrogens (tertiary/aromatic N) is 1. The van der Waals surface area contributed by atoms with Crippen LogP contribution >= 0.6 is 0 Å². The van der Waals surface area contributed by atoms with Crippen molar-refractivity contribution in [1.82, 2.24) is 4.90 Å². The molecule has 0 radical (unpaired) electrons. The number of piperidine rings is 1. The van der Waals surface area contributed by atoms with Gasteiger partial charge in [0.1, 0.15) is 0 Å². The molecule has 2 unspecified atom stereocenters. The third-order valence-electron chi connectivity index (χ3n) is 5.58. The van der Waals surface area contributed by atoms with E-state index in [1.54, 1.807) is 0 Å². The van der Waals surface area contributed by atoms with Gasteiger partial charge in [0, 0.05) is 12.1 Å². The molecule has 1 saturated heterocycles. The number of unbranched alkanes of at least 4 members (excludes halogenated alkanes) is 3. The SMILES string of the molecule is C#Cc1cccc(C2(C)CCN(CCCCCC)CC2C)c1. The van der Waals surface area contributed by atoms with Crippen LogP contribution in [-0.4, -0.2) is 24.5 Å². The highest BCUT2D eigenvalue weighted by molar-refractivity contribution is 5.39. The van der Waals surface area contributed by atoms with Crippen LogP contribution in [0, 0.1) is 18.3 Å². The van der Waals surface area contributed by atoms with E-state index in [2.05, 4.69) is 49.8 Å². The van der Waals surface area contributed by atoms with Crippen LogP contribution < -0.4 is 0 Å². The lowest BCUT2D eigenvalue weighted by molar-refractivity contribution is 0.109. The van der Waals surface area contributed by atoms with Crippen molar-refractivity contribution in [3.05, 3.63) is 35.4 Å². The highest BCUT2D eigenvalue weighted by Crippen LogP contribution is 2.39. The van der Waals surface area contributed by atoms with Gasteiger partial charge in [-0.1, -0.05) is 58.1 Å². The maximum Gasteiger partial charge on any atom is 0.0245 e. The lowest BCUT2D eigenvalue weighted by atomic mass is 9.68. The predicted molar refractivity (Wildman–Crippen MR) is 96.1 cm³/mol. The van der Waals surface area contributed by atoms with E-state index in [1.165, 1.54) is 57.3 Å². The van der Waals surface area contributed by atoms with Gasteiger partial charge in [-0.2, -0.15) is 0 Å². The van der Waals surface area contributed by atoms with E-state index in [4.69, 9.17) is 6.42 Å². The molecular weight excluding hydrogens is 266 g/mol. The largest absolute Gasteiger partial charge is 0.303 e. The second-order valence-electron chi connectivity index (χ2n) is 7.15. The first kappa shape index (κ1) is 17.1. The zero-order valence-electron chi connectivity index (χ0n) is 14.6. The standard InChI is InChI=1S/C21H31N/c1-5-7-8-9-14-22-15-13-21(4,18(3)17-22)20-12-10-11-19(6-2)16-20/h2,10-12,16,18H,5,7-9,13-15,17H2,1,3-4H3. The number of hydrogen-bond acceptors (Lipinski definition) is 1. The van der Waals surface area contributed by atoms with Gasteiger partial charge in [-0.05, 0) is 55.0 Å².